The predicted octanol–water partition coefficient (Wildman–Crippen LogP) is 4.74. The Balaban J connectivity index is 1.16. The average molecular weight is 508 g/mol. The van der Waals surface area contributed by atoms with Crippen LogP contribution in [-0.2, 0) is 22.3 Å². The number of carbonyl (C=O) groups is 1. The lowest BCUT2D eigenvalue weighted by molar-refractivity contribution is -0.172. The number of alkyl halides is 3. The maximum atomic E-state index is 13.3. The van der Waals surface area contributed by atoms with Gasteiger partial charge in [0.1, 0.15) is 11.4 Å². The molecule has 6 nitrogen and oxygen atoms in total. The lowest BCUT2D eigenvalue weighted by atomic mass is 9.87. The molecule has 2 fully saturated rings. The summed E-state index contributed by atoms with van der Waals surface area (Å²) in [6.07, 6.45) is -0.513. The number of halogens is 4. The van der Waals surface area contributed by atoms with Gasteiger partial charge in [-0.1, -0.05) is 12.1 Å². The van der Waals surface area contributed by atoms with Crippen LogP contribution in [0.1, 0.15) is 55.2 Å². The highest BCUT2D eigenvalue weighted by molar-refractivity contribution is 5.85. The summed E-state index contributed by atoms with van der Waals surface area (Å²) in [5.41, 5.74) is -0.535. The Morgan fingerprint density at radius 3 is 2.50 bits per heavy atom. The molecule has 0 saturated carbocycles. The number of ether oxygens (including phenoxy) is 2. The van der Waals surface area contributed by atoms with Gasteiger partial charge in [-0.25, -0.2) is 9.37 Å². The second-order valence-corrected chi connectivity index (χ2v) is 10.1. The van der Waals surface area contributed by atoms with Crippen LogP contribution in [0.2, 0.25) is 0 Å². The van der Waals surface area contributed by atoms with Gasteiger partial charge in [-0.15, -0.1) is 0 Å². The van der Waals surface area contributed by atoms with Crippen LogP contribution in [0.3, 0.4) is 0 Å². The Hall–Kier alpha value is -2.72. The van der Waals surface area contributed by atoms with Crippen molar-refractivity contribution >= 4 is 5.91 Å². The van der Waals surface area contributed by atoms with E-state index in [1.165, 1.54) is 17.0 Å². The van der Waals surface area contributed by atoms with Crippen molar-refractivity contribution in [2.45, 2.75) is 62.9 Å². The van der Waals surface area contributed by atoms with E-state index >= 15 is 0 Å². The number of pyridine rings is 1. The Morgan fingerprint density at radius 1 is 1.14 bits per heavy atom. The highest BCUT2D eigenvalue weighted by atomic mass is 19.4. The molecule has 0 radical (unpaired) electrons. The summed E-state index contributed by atoms with van der Waals surface area (Å²) in [5, 5.41) is 0. The van der Waals surface area contributed by atoms with E-state index in [1.54, 1.807) is 6.92 Å². The van der Waals surface area contributed by atoms with Crippen molar-refractivity contribution in [1.82, 2.24) is 14.8 Å². The van der Waals surface area contributed by atoms with E-state index in [1.807, 2.05) is 12.1 Å². The number of likely N-dealkylation sites (tertiary alicyclic amines) is 1. The number of hydrogen-bond acceptors (Lipinski definition) is 5. The first-order chi connectivity index (χ1) is 17.1. The lowest BCUT2D eigenvalue weighted by Gasteiger charge is -2.45. The van der Waals surface area contributed by atoms with Gasteiger partial charge < -0.3 is 14.4 Å². The van der Waals surface area contributed by atoms with E-state index in [9.17, 15) is 22.4 Å². The van der Waals surface area contributed by atoms with Gasteiger partial charge >= 0.3 is 6.18 Å². The molecule has 0 unspecified atom stereocenters. The Morgan fingerprint density at radius 2 is 1.86 bits per heavy atom. The second-order valence-electron chi connectivity index (χ2n) is 10.1. The van der Waals surface area contributed by atoms with Crippen molar-refractivity contribution in [2.24, 2.45) is 0 Å². The first-order valence-electron chi connectivity index (χ1n) is 12.2. The molecule has 36 heavy (non-hydrogen) atoms. The predicted molar refractivity (Wildman–Crippen MR) is 123 cm³/mol. The van der Waals surface area contributed by atoms with Crippen LogP contribution in [0, 0.1) is 5.82 Å². The molecule has 3 aliphatic rings. The van der Waals surface area contributed by atoms with Crippen molar-refractivity contribution in [1.29, 1.82) is 0 Å². The highest BCUT2D eigenvalue weighted by Gasteiger charge is 2.44. The minimum atomic E-state index is -4.52. The molecule has 1 amide bonds. The zero-order valence-electron chi connectivity index (χ0n) is 20.1. The van der Waals surface area contributed by atoms with Crippen molar-refractivity contribution in [3.8, 4) is 5.88 Å². The first kappa shape index (κ1) is 25.0. The molecule has 2 atom stereocenters. The lowest BCUT2D eigenvalue weighted by Crippen LogP contribution is -2.56. The van der Waals surface area contributed by atoms with Gasteiger partial charge in [0.25, 0.3) is 5.91 Å². The fraction of sp³-hybridized carbons (Fsp3) is 0.538. The van der Waals surface area contributed by atoms with Crippen LogP contribution in [0.4, 0.5) is 17.6 Å². The molecule has 0 bridgehead atoms. The van der Waals surface area contributed by atoms with Crippen molar-refractivity contribution in [2.75, 3.05) is 26.4 Å². The zero-order valence-corrected chi connectivity index (χ0v) is 20.1. The summed E-state index contributed by atoms with van der Waals surface area (Å²) in [5.74, 6) is 0.00798. The minimum absolute atomic E-state index is 0.00956. The summed E-state index contributed by atoms with van der Waals surface area (Å²) in [6, 6.07) is 7.92. The van der Waals surface area contributed by atoms with E-state index in [2.05, 4.69) is 9.88 Å². The van der Waals surface area contributed by atoms with E-state index in [-0.39, 0.29) is 42.5 Å². The molecule has 10 heteroatoms. The molecule has 194 valence electrons. The monoisotopic (exact) mass is 507 g/mol. The van der Waals surface area contributed by atoms with Gasteiger partial charge in [0.2, 0.25) is 5.88 Å². The molecular weight excluding hydrogens is 478 g/mol. The largest absolute Gasteiger partial charge is 0.456 e. The average Bonchev–Trinajstić information content (AvgIpc) is 2.88. The molecule has 5 rings (SSSR count). The zero-order chi connectivity index (χ0) is 25.5. The first-order valence-corrected chi connectivity index (χ1v) is 12.2. The SMILES string of the molecule is C[C@]1(C(=O)N2COc3ncc(C(F)(F)F)cc3C2)CC[C@@H](N2CCC(c3ccc(F)cc3)CC2)CO1. The topological polar surface area (TPSA) is 54.9 Å². The van der Waals surface area contributed by atoms with E-state index in [4.69, 9.17) is 9.47 Å². The molecule has 0 aliphatic carbocycles. The maximum Gasteiger partial charge on any atom is 0.417 e. The number of aromatic nitrogens is 1. The van der Waals surface area contributed by atoms with Gasteiger partial charge in [0.05, 0.1) is 18.7 Å². The van der Waals surface area contributed by atoms with Crippen LogP contribution >= 0.6 is 0 Å². The molecule has 2 aromatic rings. The number of rotatable bonds is 3. The summed E-state index contributed by atoms with van der Waals surface area (Å²) < 4.78 is 64.0. The van der Waals surface area contributed by atoms with E-state index < -0.39 is 17.3 Å². The van der Waals surface area contributed by atoms with Crippen LogP contribution in [0.15, 0.2) is 36.5 Å². The standard InChI is InChI=1S/C26H29F4N3O3/c1-25(24(34)33-14-19-12-20(26(28,29)30)13-31-23(19)35-16-33)9-6-22(15-36-25)32-10-7-18(8-11-32)17-2-4-21(27)5-3-17/h2-5,12-13,18,22H,6-11,14-16H2,1H3/t22-,25-/m1/s1. The van der Waals surface area contributed by atoms with Crippen LogP contribution < -0.4 is 4.74 Å². The van der Waals surface area contributed by atoms with Gasteiger partial charge in [-0.2, -0.15) is 13.2 Å². The number of piperidine rings is 1. The molecule has 0 spiro atoms. The van der Waals surface area contributed by atoms with Gasteiger partial charge in [-0.05, 0) is 75.4 Å². The van der Waals surface area contributed by atoms with Gasteiger partial charge in [-0.3, -0.25) is 9.69 Å². The second kappa shape index (κ2) is 9.63. The smallest absolute Gasteiger partial charge is 0.417 e. The third kappa shape index (κ3) is 5.06. The normalized spacial score (nSPS) is 25.8. The molecule has 3 aliphatic heterocycles. The van der Waals surface area contributed by atoms with E-state index in [0.717, 1.165) is 50.2 Å². The van der Waals surface area contributed by atoms with Crippen LogP contribution in [0.25, 0.3) is 0 Å². The summed E-state index contributed by atoms with van der Waals surface area (Å²) >= 11 is 0. The summed E-state index contributed by atoms with van der Waals surface area (Å²) in [4.78, 5) is 20.9. The van der Waals surface area contributed by atoms with Crippen LogP contribution in [-0.4, -0.2) is 58.8 Å². The number of fused-ring (bicyclic) bond motifs is 1. The maximum absolute atomic E-state index is 13.3. The molecule has 0 N–H and O–H groups in total. The third-order valence-electron chi connectivity index (χ3n) is 7.65. The molecule has 4 heterocycles. The van der Waals surface area contributed by atoms with Gasteiger partial charge in [0.15, 0.2) is 6.73 Å². The highest BCUT2D eigenvalue weighted by Crippen LogP contribution is 2.36. The van der Waals surface area contributed by atoms with Crippen molar-refractivity contribution in [3.05, 3.63) is 59.0 Å². The summed E-state index contributed by atoms with van der Waals surface area (Å²) in [7, 11) is 0. The van der Waals surface area contributed by atoms with E-state index in [0.29, 0.717) is 18.9 Å². The fourth-order valence-electron chi connectivity index (χ4n) is 5.42. The molecule has 1 aromatic heterocycles. The number of amides is 1. The Kier molecular flexibility index (Phi) is 6.67. The Bertz CT molecular complexity index is 1090. The Labute approximate surface area is 207 Å². The van der Waals surface area contributed by atoms with Crippen molar-refractivity contribution < 1.29 is 31.8 Å². The number of benzene rings is 1. The van der Waals surface area contributed by atoms with Gasteiger partial charge in [0, 0.05) is 17.8 Å². The fourth-order valence-corrected chi connectivity index (χ4v) is 5.42. The number of carbonyl (C=O) groups excluding carboxylic acids is 1. The van der Waals surface area contributed by atoms with Crippen molar-refractivity contribution in [3.63, 3.8) is 0 Å². The quantitative estimate of drug-likeness (QED) is 0.562. The third-order valence-corrected chi connectivity index (χ3v) is 7.65. The molecule has 1 aromatic carbocycles. The number of hydrogen-bond donors (Lipinski definition) is 0. The minimum Gasteiger partial charge on any atom is -0.456 e. The number of nitrogens with zero attached hydrogens (tertiary/aromatic N) is 3. The van der Waals surface area contributed by atoms with Crippen LogP contribution in [0.5, 0.6) is 5.88 Å². The summed E-state index contributed by atoms with van der Waals surface area (Å²) in [6.45, 7) is 3.88. The molecule has 2 saturated heterocycles. The molecular formula is C26H29F4N3O3.